The van der Waals surface area contributed by atoms with Gasteiger partial charge in [0.25, 0.3) is 5.91 Å². The van der Waals surface area contributed by atoms with Gasteiger partial charge in [-0.3, -0.25) is 4.79 Å². The standard InChI is InChI=1S/C13H13BrN4O/c1-6-5-8(14)3-4-9(6)13-17-7(2)10(12(16)19)11(15)18-13/h3-5H,1-2H3,(H2,16,19)(H2,15,17,18). The zero-order valence-corrected chi connectivity index (χ0v) is 12.2. The summed E-state index contributed by atoms with van der Waals surface area (Å²) in [7, 11) is 0. The molecule has 1 aromatic heterocycles. The van der Waals surface area contributed by atoms with E-state index < -0.39 is 5.91 Å². The zero-order valence-electron chi connectivity index (χ0n) is 10.6. The Bertz CT molecular complexity index is 647. The maximum atomic E-state index is 11.3. The molecule has 1 heterocycles. The summed E-state index contributed by atoms with van der Waals surface area (Å²) in [5.41, 5.74) is 13.6. The van der Waals surface area contributed by atoms with Gasteiger partial charge >= 0.3 is 0 Å². The molecule has 0 aliphatic carbocycles. The molecule has 0 aliphatic heterocycles. The first-order chi connectivity index (χ1) is 8.90. The molecule has 1 amide bonds. The third kappa shape index (κ3) is 2.58. The number of nitrogen functional groups attached to an aromatic ring is 1. The predicted octanol–water partition coefficient (Wildman–Crippen LogP) is 2.20. The van der Waals surface area contributed by atoms with Crippen molar-refractivity contribution >= 4 is 27.7 Å². The molecular formula is C13H13BrN4O. The second kappa shape index (κ2) is 4.97. The highest BCUT2D eigenvalue weighted by molar-refractivity contribution is 9.10. The molecular weight excluding hydrogens is 308 g/mol. The first-order valence-electron chi connectivity index (χ1n) is 5.60. The summed E-state index contributed by atoms with van der Waals surface area (Å²) < 4.78 is 0.979. The summed E-state index contributed by atoms with van der Waals surface area (Å²) in [6, 6.07) is 5.77. The van der Waals surface area contributed by atoms with Crippen LogP contribution in [0.4, 0.5) is 5.82 Å². The molecule has 4 N–H and O–H groups in total. The predicted molar refractivity (Wildman–Crippen MR) is 77.6 cm³/mol. The number of benzene rings is 1. The Hall–Kier alpha value is -1.95. The van der Waals surface area contributed by atoms with E-state index in [2.05, 4.69) is 25.9 Å². The highest BCUT2D eigenvalue weighted by atomic mass is 79.9. The van der Waals surface area contributed by atoms with Gasteiger partial charge in [-0.2, -0.15) is 0 Å². The number of halogens is 1. The van der Waals surface area contributed by atoms with Crippen molar-refractivity contribution in [1.29, 1.82) is 0 Å². The largest absolute Gasteiger partial charge is 0.383 e. The first-order valence-corrected chi connectivity index (χ1v) is 6.40. The summed E-state index contributed by atoms with van der Waals surface area (Å²) in [4.78, 5) is 19.7. The van der Waals surface area contributed by atoms with Gasteiger partial charge < -0.3 is 11.5 Å². The SMILES string of the molecule is Cc1cc(Br)ccc1-c1nc(C)c(C(N)=O)c(N)n1. The van der Waals surface area contributed by atoms with E-state index in [4.69, 9.17) is 11.5 Å². The maximum absolute atomic E-state index is 11.3. The molecule has 19 heavy (non-hydrogen) atoms. The third-order valence-corrected chi connectivity index (χ3v) is 3.29. The van der Waals surface area contributed by atoms with Crippen LogP contribution in [0.3, 0.4) is 0 Å². The summed E-state index contributed by atoms with van der Waals surface area (Å²) in [6.07, 6.45) is 0. The number of amides is 1. The van der Waals surface area contributed by atoms with Gasteiger partial charge in [-0.15, -0.1) is 0 Å². The molecule has 0 spiro atoms. The lowest BCUT2D eigenvalue weighted by molar-refractivity contribution is 0.1000. The van der Waals surface area contributed by atoms with Gasteiger partial charge in [0.1, 0.15) is 11.4 Å². The van der Waals surface area contributed by atoms with E-state index >= 15 is 0 Å². The van der Waals surface area contributed by atoms with Crippen LogP contribution in [0.15, 0.2) is 22.7 Å². The number of hydrogen-bond acceptors (Lipinski definition) is 4. The van der Waals surface area contributed by atoms with Crippen LogP contribution in [0, 0.1) is 13.8 Å². The van der Waals surface area contributed by atoms with Crippen molar-refractivity contribution in [2.75, 3.05) is 5.73 Å². The van der Waals surface area contributed by atoms with Crippen LogP contribution in [-0.4, -0.2) is 15.9 Å². The lowest BCUT2D eigenvalue weighted by atomic mass is 10.1. The van der Waals surface area contributed by atoms with Gasteiger partial charge in [0.2, 0.25) is 0 Å². The number of rotatable bonds is 2. The minimum atomic E-state index is -0.617. The molecule has 6 heteroatoms. The number of nitrogens with zero attached hydrogens (tertiary/aromatic N) is 2. The number of carbonyl (C=O) groups is 1. The van der Waals surface area contributed by atoms with Crippen LogP contribution in [0.25, 0.3) is 11.4 Å². The number of aryl methyl sites for hydroxylation is 2. The number of hydrogen-bond donors (Lipinski definition) is 2. The molecule has 0 atom stereocenters. The van der Waals surface area contributed by atoms with E-state index in [1.807, 2.05) is 25.1 Å². The Morgan fingerprint density at radius 2 is 1.95 bits per heavy atom. The highest BCUT2D eigenvalue weighted by Gasteiger charge is 2.15. The van der Waals surface area contributed by atoms with Crippen LogP contribution < -0.4 is 11.5 Å². The molecule has 0 saturated heterocycles. The van der Waals surface area contributed by atoms with Gasteiger partial charge in [0.05, 0.1) is 5.69 Å². The van der Waals surface area contributed by atoms with E-state index in [0.29, 0.717) is 11.5 Å². The number of nitrogens with two attached hydrogens (primary N) is 2. The van der Waals surface area contributed by atoms with Crippen molar-refractivity contribution in [1.82, 2.24) is 9.97 Å². The van der Waals surface area contributed by atoms with Crippen molar-refractivity contribution in [2.45, 2.75) is 13.8 Å². The first kappa shape index (κ1) is 13.5. The Morgan fingerprint density at radius 1 is 1.26 bits per heavy atom. The summed E-state index contributed by atoms with van der Waals surface area (Å²) >= 11 is 3.40. The van der Waals surface area contributed by atoms with E-state index in [0.717, 1.165) is 15.6 Å². The van der Waals surface area contributed by atoms with Crippen LogP contribution in [-0.2, 0) is 0 Å². The molecule has 0 unspecified atom stereocenters. The van der Waals surface area contributed by atoms with Crippen molar-refractivity contribution < 1.29 is 4.79 Å². The number of primary amides is 1. The van der Waals surface area contributed by atoms with Gasteiger partial charge in [0.15, 0.2) is 5.82 Å². The maximum Gasteiger partial charge on any atom is 0.254 e. The summed E-state index contributed by atoms with van der Waals surface area (Å²) in [5, 5.41) is 0. The molecule has 0 bridgehead atoms. The molecule has 1 aromatic carbocycles. The van der Waals surface area contributed by atoms with Crippen molar-refractivity contribution in [3.8, 4) is 11.4 Å². The third-order valence-electron chi connectivity index (χ3n) is 2.79. The van der Waals surface area contributed by atoms with E-state index in [-0.39, 0.29) is 11.4 Å². The molecule has 0 aliphatic rings. The fourth-order valence-electron chi connectivity index (χ4n) is 1.90. The lowest BCUT2D eigenvalue weighted by Gasteiger charge is -2.09. The van der Waals surface area contributed by atoms with Crippen molar-refractivity contribution in [2.24, 2.45) is 5.73 Å². The second-order valence-electron chi connectivity index (χ2n) is 4.22. The highest BCUT2D eigenvalue weighted by Crippen LogP contribution is 2.25. The summed E-state index contributed by atoms with van der Waals surface area (Å²) in [6.45, 7) is 3.65. The van der Waals surface area contributed by atoms with E-state index in [1.165, 1.54) is 0 Å². The van der Waals surface area contributed by atoms with E-state index in [9.17, 15) is 4.79 Å². The monoisotopic (exact) mass is 320 g/mol. The fraction of sp³-hybridized carbons (Fsp3) is 0.154. The van der Waals surface area contributed by atoms with Crippen LogP contribution in [0.2, 0.25) is 0 Å². The van der Waals surface area contributed by atoms with Gasteiger partial charge in [0, 0.05) is 10.0 Å². The molecule has 2 rings (SSSR count). The van der Waals surface area contributed by atoms with E-state index in [1.54, 1.807) is 6.92 Å². The average molecular weight is 321 g/mol. The Labute approximate surface area is 119 Å². The summed E-state index contributed by atoms with van der Waals surface area (Å²) in [5.74, 6) is -0.0172. The Morgan fingerprint density at radius 3 is 2.47 bits per heavy atom. The topological polar surface area (TPSA) is 94.9 Å². The fourth-order valence-corrected chi connectivity index (χ4v) is 2.37. The lowest BCUT2D eigenvalue weighted by Crippen LogP contribution is -2.17. The average Bonchev–Trinajstić information content (AvgIpc) is 2.26. The van der Waals surface area contributed by atoms with Crippen molar-refractivity contribution in [3.05, 3.63) is 39.5 Å². The number of aromatic nitrogens is 2. The molecule has 98 valence electrons. The molecule has 5 nitrogen and oxygen atoms in total. The van der Waals surface area contributed by atoms with Gasteiger partial charge in [-0.1, -0.05) is 15.9 Å². The van der Waals surface area contributed by atoms with Crippen LogP contribution in [0.5, 0.6) is 0 Å². The number of carbonyl (C=O) groups excluding carboxylic acids is 1. The minimum Gasteiger partial charge on any atom is -0.383 e. The van der Waals surface area contributed by atoms with Crippen molar-refractivity contribution in [3.63, 3.8) is 0 Å². The smallest absolute Gasteiger partial charge is 0.254 e. The van der Waals surface area contributed by atoms with Crippen LogP contribution >= 0.6 is 15.9 Å². The van der Waals surface area contributed by atoms with Crippen LogP contribution in [0.1, 0.15) is 21.6 Å². The zero-order chi connectivity index (χ0) is 14.2. The Kier molecular flexibility index (Phi) is 3.53. The van der Waals surface area contributed by atoms with Gasteiger partial charge in [-0.05, 0) is 37.6 Å². The van der Waals surface area contributed by atoms with Gasteiger partial charge in [-0.25, -0.2) is 9.97 Å². The number of anilines is 1. The molecule has 0 fully saturated rings. The molecule has 0 radical (unpaired) electrons. The molecule has 2 aromatic rings. The quantitative estimate of drug-likeness (QED) is 0.886. The normalized spacial score (nSPS) is 10.5. The second-order valence-corrected chi connectivity index (χ2v) is 5.13. The minimum absolute atomic E-state index is 0.109. The Balaban J connectivity index is 2.61. The molecule has 0 saturated carbocycles.